The van der Waals surface area contributed by atoms with E-state index in [4.69, 9.17) is 11.5 Å². The minimum atomic E-state index is -0.202. The van der Waals surface area contributed by atoms with Crippen LogP contribution in [0.15, 0.2) is 65.7 Å². The third-order valence-electron chi connectivity index (χ3n) is 3.47. The van der Waals surface area contributed by atoms with Crippen molar-refractivity contribution in [3.05, 3.63) is 71.8 Å². The highest BCUT2D eigenvalue weighted by molar-refractivity contribution is 5.91. The van der Waals surface area contributed by atoms with Crippen LogP contribution in [0.1, 0.15) is 11.1 Å². The molecule has 5 N–H and O–H groups in total. The van der Waals surface area contributed by atoms with Crippen LogP contribution in [0.25, 0.3) is 0 Å². The number of nitrogens with zero attached hydrogens (tertiary/aromatic N) is 1. The largest absolute Gasteiger partial charge is 0.329 e. The van der Waals surface area contributed by atoms with E-state index in [0.29, 0.717) is 19.6 Å². The van der Waals surface area contributed by atoms with Gasteiger partial charge in [0.1, 0.15) is 0 Å². The molecule has 0 aromatic heterocycles. The van der Waals surface area contributed by atoms with E-state index in [1.165, 1.54) is 11.1 Å². The van der Waals surface area contributed by atoms with E-state index in [2.05, 4.69) is 34.6 Å². The number of rotatable bonds is 8. The van der Waals surface area contributed by atoms with Crippen LogP contribution in [0, 0.1) is 0 Å². The summed E-state index contributed by atoms with van der Waals surface area (Å²) in [4.78, 5) is 4.65. The topological polar surface area (TPSA) is 76.4 Å². The maximum Gasteiger partial charge on any atom is 0.0640 e. The molecule has 0 heterocycles. The van der Waals surface area contributed by atoms with Gasteiger partial charge in [0.15, 0.2) is 0 Å². The zero-order chi connectivity index (χ0) is 15.6. The predicted molar refractivity (Wildman–Crippen MR) is 92.8 cm³/mol. The number of nitrogens with one attached hydrogen (secondary N) is 1. The van der Waals surface area contributed by atoms with E-state index in [0.717, 1.165) is 12.3 Å². The van der Waals surface area contributed by atoms with Crippen LogP contribution < -0.4 is 16.8 Å². The molecule has 0 bridgehead atoms. The molecule has 4 nitrogen and oxygen atoms in total. The van der Waals surface area contributed by atoms with Gasteiger partial charge in [0.25, 0.3) is 0 Å². The second-order valence-corrected chi connectivity index (χ2v) is 5.22. The molecule has 0 aliphatic rings. The first kappa shape index (κ1) is 16.4. The highest BCUT2D eigenvalue weighted by atomic mass is 14.9. The molecular formula is C18H24N4. The molecule has 0 saturated carbocycles. The van der Waals surface area contributed by atoms with Crippen molar-refractivity contribution < 1.29 is 0 Å². The Hall–Kier alpha value is -2.01. The van der Waals surface area contributed by atoms with Gasteiger partial charge in [-0.3, -0.25) is 4.99 Å². The number of nitrogens with two attached hydrogens (primary N) is 2. The van der Waals surface area contributed by atoms with Gasteiger partial charge in [0.2, 0.25) is 0 Å². The van der Waals surface area contributed by atoms with Gasteiger partial charge in [-0.2, -0.15) is 0 Å². The van der Waals surface area contributed by atoms with E-state index >= 15 is 0 Å². The fourth-order valence-electron chi connectivity index (χ4n) is 2.15. The van der Waals surface area contributed by atoms with E-state index in [1.54, 1.807) is 0 Å². The van der Waals surface area contributed by atoms with Crippen LogP contribution in [-0.2, 0) is 13.1 Å². The molecule has 4 heteroatoms. The standard InChI is InChI=1S/C18H24N4/c19-11-17(20)18(22-13-16-9-5-2-6-10-16)14-21-12-15-7-3-1-4-8-15/h1-10,17,21H,11-14,19-20H2. The summed E-state index contributed by atoms with van der Waals surface area (Å²) < 4.78 is 0. The monoisotopic (exact) mass is 296 g/mol. The SMILES string of the molecule is NCC(N)C(CNCc1ccccc1)=NCc1ccccc1. The van der Waals surface area contributed by atoms with E-state index < -0.39 is 0 Å². The molecule has 0 spiro atoms. The van der Waals surface area contributed by atoms with Gasteiger partial charge < -0.3 is 16.8 Å². The Morgan fingerprint density at radius 2 is 1.55 bits per heavy atom. The summed E-state index contributed by atoms with van der Waals surface area (Å²) >= 11 is 0. The van der Waals surface area contributed by atoms with Gasteiger partial charge in [0, 0.05) is 25.3 Å². The summed E-state index contributed by atoms with van der Waals surface area (Å²) in [5.74, 6) is 0. The molecule has 2 aromatic carbocycles. The molecule has 2 rings (SSSR count). The first-order valence-electron chi connectivity index (χ1n) is 7.57. The van der Waals surface area contributed by atoms with Gasteiger partial charge in [0.05, 0.1) is 12.6 Å². The van der Waals surface area contributed by atoms with Crippen LogP contribution in [0.5, 0.6) is 0 Å². The Balaban J connectivity index is 1.91. The first-order valence-corrected chi connectivity index (χ1v) is 7.57. The molecule has 1 unspecified atom stereocenters. The van der Waals surface area contributed by atoms with Crippen LogP contribution in [0.4, 0.5) is 0 Å². The predicted octanol–water partition coefficient (Wildman–Crippen LogP) is 1.70. The molecule has 2 aromatic rings. The second-order valence-electron chi connectivity index (χ2n) is 5.22. The molecule has 0 amide bonds. The van der Waals surface area contributed by atoms with Crippen molar-refractivity contribution in [2.75, 3.05) is 13.1 Å². The lowest BCUT2D eigenvalue weighted by Crippen LogP contribution is -2.42. The lowest BCUT2D eigenvalue weighted by Gasteiger charge is -2.14. The highest BCUT2D eigenvalue weighted by Crippen LogP contribution is 2.02. The molecule has 1 atom stereocenters. The van der Waals surface area contributed by atoms with Crippen molar-refractivity contribution in [2.24, 2.45) is 16.5 Å². The van der Waals surface area contributed by atoms with Gasteiger partial charge >= 0.3 is 0 Å². The van der Waals surface area contributed by atoms with Crippen LogP contribution in [-0.4, -0.2) is 24.8 Å². The minimum absolute atomic E-state index is 0.202. The molecule has 0 fully saturated rings. The van der Waals surface area contributed by atoms with Crippen LogP contribution in [0.2, 0.25) is 0 Å². The maximum atomic E-state index is 6.07. The third-order valence-corrected chi connectivity index (χ3v) is 3.47. The van der Waals surface area contributed by atoms with Crippen LogP contribution >= 0.6 is 0 Å². The second kappa shape index (κ2) is 9.10. The van der Waals surface area contributed by atoms with Gasteiger partial charge in [-0.05, 0) is 11.1 Å². The highest BCUT2D eigenvalue weighted by Gasteiger charge is 2.08. The normalized spacial score (nSPS) is 13.1. The lowest BCUT2D eigenvalue weighted by molar-refractivity contribution is 0.742. The summed E-state index contributed by atoms with van der Waals surface area (Å²) in [5.41, 5.74) is 15.1. The van der Waals surface area contributed by atoms with Crippen molar-refractivity contribution in [1.82, 2.24) is 5.32 Å². The van der Waals surface area contributed by atoms with Crippen molar-refractivity contribution in [3.63, 3.8) is 0 Å². The number of hydrogen-bond donors (Lipinski definition) is 3. The van der Waals surface area contributed by atoms with Crippen molar-refractivity contribution in [2.45, 2.75) is 19.1 Å². The summed E-state index contributed by atoms with van der Waals surface area (Å²) in [6.45, 7) is 2.49. The fourth-order valence-corrected chi connectivity index (χ4v) is 2.15. The Morgan fingerprint density at radius 1 is 0.955 bits per heavy atom. The maximum absolute atomic E-state index is 6.07. The van der Waals surface area contributed by atoms with Crippen molar-refractivity contribution in [3.8, 4) is 0 Å². The molecule has 116 valence electrons. The van der Waals surface area contributed by atoms with Crippen molar-refractivity contribution in [1.29, 1.82) is 0 Å². The zero-order valence-corrected chi connectivity index (χ0v) is 12.8. The summed E-state index contributed by atoms with van der Waals surface area (Å²) in [6.07, 6.45) is 0. The minimum Gasteiger partial charge on any atom is -0.329 e. The quantitative estimate of drug-likeness (QED) is 0.649. The average molecular weight is 296 g/mol. The number of benzene rings is 2. The molecule has 22 heavy (non-hydrogen) atoms. The lowest BCUT2D eigenvalue weighted by atomic mass is 10.1. The molecular weight excluding hydrogens is 272 g/mol. The Morgan fingerprint density at radius 3 is 2.14 bits per heavy atom. The van der Waals surface area contributed by atoms with Crippen molar-refractivity contribution >= 4 is 5.71 Å². The van der Waals surface area contributed by atoms with E-state index in [1.807, 2.05) is 36.4 Å². The van der Waals surface area contributed by atoms with Gasteiger partial charge in [-0.15, -0.1) is 0 Å². The number of aliphatic imine (C=N–C) groups is 1. The number of hydrogen-bond acceptors (Lipinski definition) is 4. The molecule has 0 aliphatic carbocycles. The van der Waals surface area contributed by atoms with Crippen LogP contribution in [0.3, 0.4) is 0 Å². The van der Waals surface area contributed by atoms with Gasteiger partial charge in [-0.25, -0.2) is 0 Å². The summed E-state index contributed by atoms with van der Waals surface area (Å²) in [7, 11) is 0. The molecule has 0 aliphatic heterocycles. The third kappa shape index (κ3) is 5.41. The average Bonchev–Trinajstić information content (AvgIpc) is 2.59. The van der Waals surface area contributed by atoms with Gasteiger partial charge in [-0.1, -0.05) is 60.7 Å². The Bertz CT molecular complexity index is 566. The molecule has 0 saturated heterocycles. The fraction of sp³-hybridized carbons (Fsp3) is 0.278. The van der Waals surface area contributed by atoms with E-state index in [-0.39, 0.29) is 6.04 Å². The Labute approximate surface area is 132 Å². The molecule has 0 radical (unpaired) electrons. The van der Waals surface area contributed by atoms with E-state index in [9.17, 15) is 0 Å². The summed E-state index contributed by atoms with van der Waals surface area (Å²) in [6, 6.07) is 20.2. The smallest absolute Gasteiger partial charge is 0.0640 e. The first-order chi connectivity index (χ1) is 10.8. The Kier molecular flexibility index (Phi) is 6.77. The summed E-state index contributed by atoms with van der Waals surface area (Å²) in [5, 5.41) is 3.39. The zero-order valence-electron chi connectivity index (χ0n) is 12.8.